The first-order chi connectivity index (χ1) is 21.4. The number of benzene rings is 1. The van der Waals surface area contributed by atoms with Crippen molar-refractivity contribution in [1.82, 2.24) is 0 Å². The Bertz CT molecular complexity index is 1410. The van der Waals surface area contributed by atoms with E-state index >= 15 is 0 Å². The number of ketones is 1. The van der Waals surface area contributed by atoms with Gasteiger partial charge in [0, 0.05) is 36.2 Å². The number of hydrogen-bond donors (Lipinski definition) is 8. The molecule has 0 unspecified atom stereocenters. The highest BCUT2D eigenvalue weighted by atomic mass is 16.5. The molecule has 0 radical (unpaired) electrons. The van der Waals surface area contributed by atoms with Crippen molar-refractivity contribution >= 4 is 5.78 Å². The monoisotopic (exact) mass is 644 g/mol. The summed E-state index contributed by atoms with van der Waals surface area (Å²) in [5.41, 5.74) is -4.11. The van der Waals surface area contributed by atoms with Crippen LogP contribution in [-0.4, -0.2) is 95.0 Å². The minimum absolute atomic E-state index is 0.0915. The molecule has 0 spiro atoms. The van der Waals surface area contributed by atoms with Gasteiger partial charge in [0.1, 0.15) is 6.10 Å². The normalized spacial score (nSPS) is 47.9. The van der Waals surface area contributed by atoms with Gasteiger partial charge in [0.25, 0.3) is 0 Å². The van der Waals surface area contributed by atoms with Crippen molar-refractivity contribution < 1.29 is 50.4 Å². The molecule has 46 heavy (non-hydrogen) atoms. The third-order valence-electron chi connectivity index (χ3n) is 13.8. The van der Waals surface area contributed by atoms with Crippen molar-refractivity contribution in [3.63, 3.8) is 0 Å². The average Bonchev–Trinajstić information content (AvgIpc) is 3.38. The number of aliphatic hydroxyl groups excluding tert-OH is 4. The van der Waals surface area contributed by atoms with Crippen molar-refractivity contribution in [2.75, 3.05) is 6.61 Å². The molecule has 0 bridgehead atoms. The van der Waals surface area contributed by atoms with Gasteiger partial charge in [-0.05, 0) is 84.6 Å². The maximum atomic E-state index is 14.3. The fourth-order valence-electron chi connectivity index (χ4n) is 11.2. The maximum absolute atomic E-state index is 14.3. The van der Waals surface area contributed by atoms with Gasteiger partial charge in [0.2, 0.25) is 0 Å². The van der Waals surface area contributed by atoms with E-state index in [4.69, 9.17) is 4.74 Å². The molecule has 0 amide bonds. The lowest BCUT2D eigenvalue weighted by molar-refractivity contribution is -0.194. The number of carbonyl (C=O) groups excluding carboxylic acids is 1. The largest absolute Gasteiger partial charge is 0.504 e. The van der Waals surface area contributed by atoms with Gasteiger partial charge in [-0.25, -0.2) is 0 Å². The number of fused-ring (bicyclic) bond motifs is 7. The summed E-state index contributed by atoms with van der Waals surface area (Å²) in [4.78, 5) is 14.3. The molecule has 3 saturated carbocycles. The van der Waals surface area contributed by atoms with E-state index < -0.39 is 82.0 Å². The predicted molar refractivity (Wildman–Crippen MR) is 168 cm³/mol. The summed E-state index contributed by atoms with van der Waals surface area (Å²) in [5, 5.41) is 89.7. The number of aromatic hydroxyl groups is 2. The van der Waals surface area contributed by atoms with Crippen molar-refractivity contribution in [3.8, 4) is 11.5 Å². The zero-order chi connectivity index (χ0) is 33.9. The van der Waals surface area contributed by atoms with E-state index in [1.54, 1.807) is 6.92 Å². The Morgan fingerprint density at radius 2 is 1.70 bits per heavy atom. The first kappa shape index (κ1) is 33.8. The summed E-state index contributed by atoms with van der Waals surface area (Å²) in [6.45, 7) is 11.3. The molecule has 256 valence electrons. The molecule has 0 aromatic heterocycles. The van der Waals surface area contributed by atoms with Crippen LogP contribution in [0.25, 0.3) is 0 Å². The van der Waals surface area contributed by atoms with Crippen molar-refractivity contribution in [2.45, 2.75) is 115 Å². The molecule has 5 aliphatic rings. The fourth-order valence-corrected chi connectivity index (χ4v) is 11.2. The van der Waals surface area contributed by atoms with E-state index in [1.807, 2.05) is 34.6 Å². The Labute approximate surface area is 270 Å². The van der Waals surface area contributed by atoms with E-state index in [2.05, 4.69) is 0 Å². The Morgan fingerprint density at radius 1 is 1.02 bits per heavy atom. The summed E-state index contributed by atoms with van der Waals surface area (Å²) in [7, 11) is 0. The molecule has 1 aromatic carbocycles. The van der Waals surface area contributed by atoms with Crippen LogP contribution in [0.3, 0.4) is 0 Å². The smallest absolute Gasteiger partial charge is 0.160 e. The molecular formula is C36H52O10. The van der Waals surface area contributed by atoms with E-state index in [-0.39, 0.29) is 48.7 Å². The number of allylic oxidation sites excluding steroid dienone is 1. The van der Waals surface area contributed by atoms with Crippen LogP contribution in [-0.2, 0) is 9.53 Å². The van der Waals surface area contributed by atoms with Gasteiger partial charge in [0.15, 0.2) is 17.3 Å². The van der Waals surface area contributed by atoms with Gasteiger partial charge in [-0.2, -0.15) is 0 Å². The number of ether oxygens (including phenoxy) is 1. The van der Waals surface area contributed by atoms with Gasteiger partial charge in [0.05, 0.1) is 35.6 Å². The van der Waals surface area contributed by atoms with E-state index in [0.717, 1.165) is 0 Å². The molecule has 1 saturated heterocycles. The van der Waals surface area contributed by atoms with Crippen molar-refractivity contribution in [3.05, 3.63) is 35.4 Å². The molecule has 4 aliphatic carbocycles. The number of carbonyl (C=O) groups is 1. The molecule has 4 fully saturated rings. The summed E-state index contributed by atoms with van der Waals surface area (Å²) < 4.78 is 6.50. The second-order valence-electron chi connectivity index (χ2n) is 16.3. The zero-order valence-electron chi connectivity index (χ0n) is 27.7. The zero-order valence-corrected chi connectivity index (χ0v) is 27.7. The van der Waals surface area contributed by atoms with Crippen molar-refractivity contribution in [2.24, 2.45) is 46.3 Å². The number of aliphatic hydroxyl groups is 6. The lowest BCUT2D eigenvalue weighted by atomic mass is 9.41. The van der Waals surface area contributed by atoms with Crippen molar-refractivity contribution in [1.29, 1.82) is 0 Å². The van der Waals surface area contributed by atoms with Gasteiger partial charge in [-0.15, -0.1) is 0 Å². The van der Waals surface area contributed by atoms with Gasteiger partial charge in [-0.3, -0.25) is 4.79 Å². The van der Waals surface area contributed by atoms with Crippen LogP contribution in [0.1, 0.15) is 78.7 Å². The predicted octanol–water partition coefficient (Wildman–Crippen LogP) is 2.39. The highest BCUT2D eigenvalue weighted by Gasteiger charge is 2.77. The first-order valence-corrected chi connectivity index (χ1v) is 16.9. The fraction of sp³-hybridized carbons (Fsp3) is 0.750. The lowest BCUT2D eigenvalue weighted by Gasteiger charge is -2.64. The highest BCUT2D eigenvalue weighted by Crippen LogP contribution is 2.73. The van der Waals surface area contributed by atoms with E-state index in [0.29, 0.717) is 24.0 Å². The molecule has 8 N–H and O–H groups in total. The van der Waals surface area contributed by atoms with Gasteiger partial charge in [-0.1, -0.05) is 40.7 Å². The highest BCUT2D eigenvalue weighted by molar-refractivity contribution is 5.96. The summed E-state index contributed by atoms with van der Waals surface area (Å²) in [6.07, 6.45) is -2.47. The molecule has 1 aromatic rings. The molecular weight excluding hydrogens is 592 g/mol. The van der Waals surface area contributed by atoms with Crippen LogP contribution in [0.4, 0.5) is 0 Å². The van der Waals surface area contributed by atoms with E-state index in [1.165, 1.54) is 24.3 Å². The van der Waals surface area contributed by atoms with Crippen LogP contribution in [0.2, 0.25) is 0 Å². The van der Waals surface area contributed by atoms with Gasteiger partial charge < -0.3 is 45.6 Å². The summed E-state index contributed by atoms with van der Waals surface area (Å²) in [6, 6.07) is 4.15. The third-order valence-corrected chi connectivity index (χ3v) is 13.8. The quantitative estimate of drug-likeness (QED) is 0.214. The van der Waals surface area contributed by atoms with Crippen LogP contribution >= 0.6 is 0 Å². The standard InChI is InChI=1S/C36H52O10/c1-16(2)17(3)29(42)32-35(6,44)31-26(46-32)15-36(45)21-13-24(40)28-27(18-7-8-22(38)23(39)11-18)30(43)25(41)14-33(28,4)20(21)12-19(9-10-37)34(31,36)5/h7-8,11,13,16-17,19-20,25-32,37-39,41-45H,9-10,12,14-15H2,1-6H3/t17-,19-,20-,25-,26-,27-,28+,29-,30-,31-,32-,33+,34+,35+,36+/m0/s1. The molecule has 1 aliphatic heterocycles. The Hall–Kier alpha value is -2.05. The third kappa shape index (κ3) is 4.36. The second kappa shape index (κ2) is 11.0. The number of hydrogen-bond acceptors (Lipinski definition) is 10. The van der Waals surface area contributed by atoms with Crippen LogP contribution < -0.4 is 0 Å². The number of rotatable bonds is 6. The minimum Gasteiger partial charge on any atom is -0.504 e. The van der Waals surface area contributed by atoms with Gasteiger partial charge >= 0.3 is 0 Å². The first-order valence-electron chi connectivity index (χ1n) is 16.9. The average molecular weight is 645 g/mol. The number of phenolic OH excluding ortho intramolecular Hbond substituents is 2. The molecule has 15 atom stereocenters. The molecule has 10 heteroatoms. The lowest BCUT2D eigenvalue weighted by Crippen LogP contribution is -2.66. The Balaban J connectivity index is 1.46. The number of phenols is 2. The Morgan fingerprint density at radius 3 is 2.30 bits per heavy atom. The van der Waals surface area contributed by atoms with Crippen LogP contribution in [0, 0.1) is 46.3 Å². The summed E-state index contributed by atoms with van der Waals surface area (Å²) in [5.74, 6) is -4.08. The summed E-state index contributed by atoms with van der Waals surface area (Å²) >= 11 is 0. The maximum Gasteiger partial charge on any atom is 0.160 e. The second-order valence-corrected chi connectivity index (χ2v) is 16.3. The minimum atomic E-state index is -1.59. The van der Waals surface area contributed by atoms with E-state index in [9.17, 15) is 45.6 Å². The van der Waals surface area contributed by atoms with Crippen LogP contribution in [0.15, 0.2) is 29.8 Å². The molecule has 6 rings (SSSR count). The molecule has 1 heterocycles. The van der Waals surface area contributed by atoms with Crippen LogP contribution in [0.5, 0.6) is 11.5 Å². The SMILES string of the molecule is CC(C)[C@H](C)[C@H](O)[C@@H]1O[C@H]2C[C@@]3(O)C4=CC(=O)[C@@H]5[C@H](c6ccc(O)c(O)c6)[C@@H](O)[C@@H](O)C[C@]5(C)[C@H]4C[C@H](CCO)[C@]3(C)[C@H]2[C@@]1(C)O. The topological polar surface area (TPSA) is 188 Å². The molecule has 10 nitrogen and oxygen atoms in total. The Kier molecular flexibility index (Phi) is 8.08.